The van der Waals surface area contributed by atoms with Crippen LogP contribution in [-0.4, -0.2) is 32.6 Å². The first-order chi connectivity index (χ1) is 11.5. The van der Waals surface area contributed by atoms with Crippen LogP contribution in [-0.2, 0) is 6.54 Å². The number of aliphatic hydroxyl groups excluding tert-OH is 1. The van der Waals surface area contributed by atoms with Crippen molar-refractivity contribution in [2.24, 2.45) is 0 Å². The monoisotopic (exact) mass is 345 g/mol. The molecule has 24 heavy (non-hydrogen) atoms. The van der Waals surface area contributed by atoms with Gasteiger partial charge in [-0.3, -0.25) is 9.78 Å². The number of nitrogens with zero attached hydrogens (tertiary/aromatic N) is 3. The summed E-state index contributed by atoms with van der Waals surface area (Å²) >= 11 is 6.05. The van der Waals surface area contributed by atoms with Crippen molar-refractivity contribution in [3.05, 3.63) is 63.7 Å². The Morgan fingerprint density at radius 2 is 2.21 bits per heavy atom. The minimum absolute atomic E-state index is 0.00235. The van der Waals surface area contributed by atoms with Gasteiger partial charge in [-0.05, 0) is 36.8 Å². The normalized spacial score (nSPS) is 12.3. The van der Waals surface area contributed by atoms with Gasteiger partial charge in [-0.2, -0.15) is 5.10 Å². The summed E-state index contributed by atoms with van der Waals surface area (Å²) in [7, 11) is 0. The summed E-state index contributed by atoms with van der Waals surface area (Å²) in [4.78, 5) is 16.4. The van der Waals surface area contributed by atoms with Crippen LogP contribution < -0.4 is 10.3 Å². The van der Waals surface area contributed by atoms with Crippen molar-refractivity contribution in [3.8, 4) is 5.75 Å². The van der Waals surface area contributed by atoms with Crippen LogP contribution in [0.3, 0.4) is 0 Å². The van der Waals surface area contributed by atoms with Crippen molar-refractivity contribution in [3.63, 3.8) is 0 Å². The number of aromatic nitrogens is 3. The van der Waals surface area contributed by atoms with E-state index in [-0.39, 0.29) is 18.7 Å². The Hall–Kier alpha value is -2.44. The lowest BCUT2D eigenvalue weighted by Crippen LogP contribution is -2.32. The van der Waals surface area contributed by atoms with E-state index in [4.69, 9.17) is 16.3 Å². The molecule has 124 valence electrons. The second kappa shape index (κ2) is 6.98. The van der Waals surface area contributed by atoms with Gasteiger partial charge >= 0.3 is 0 Å². The van der Waals surface area contributed by atoms with Crippen LogP contribution >= 0.6 is 11.6 Å². The molecule has 0 aliphatic heterocycles. The number of halogens is 1. The molecule has 0 fully saturated rings. The molecule has 6 nitrogen and oxygen atoms in total. The summed E-state index contributed by atoms with van der Waals surface area (Å²) in [6.07, 6.45) is 2.20. The predicted octanol–water partition coefficient (Wildman–Crippen LogP) is 2.19. The van der Waals surface area contributed by atoms with Crippen LogP contribution in [0.2, 0.25) is 5.02 Å². The van der Waals surface area contributed by atoms with E-state index in [9.17, 15) is 9.90 Å². The number of fused-ring (bicyclic) bond motifs is 1. The first-order valence-electron chi connectivity index (χ1n) is 7.42. The molecule has 3 rings (SSSR count). The van der Waals surface area contributed by atoms with Crippen molar-refractivity contribution >= 4 is 22.5 Å². The van der Waals surface area contributed by atoms with Gasteiger partial charge in [0.25, 0.3) is 5.56 Å². The first-order valence-corrected chi connectivity index (χ1v) is 7.80. The average molecular weight is 346 g/mol. The maximum Gasteiger partial charge on any atom is 0.276 e. The van der Waals surface area contributed by atoms with Crippen LogP contribution in [0.1, 0.15) is 5.56 Å². The van der Waals surface area contributed by atoms with Gasteiger partial charge in [0.05, 0.1) is 28.7 Å². The second-order valence-corrected chi connectivity index (χ2v) is 5.87. The van der Waals surface area contributed by atoms with Crippen molar-refractivity contribution in [1.82, 2.24) is 14.8 Å². The predicted molar refractivity (Wildman–Crippen MR) is 91.5 cm³/mol. The average Bonchev–Trinajstić information content (AvgIpc) is 2.58. The number of benzene rings is 1. The van der Waals surface area contributed by atoms with Crippen molar-refractivity contribution in [2.45, 2.75) is 19.6 Å². The quantitative estimate of drug-likeness (QED) is 0.767. The summed E-state index contributed by atoms with van der Waals surface area (Å²) in [5, 5.41) is 15.1. The second-order valence-electron chi connectivity index (χ2n) is 5.47. The standard InChI is InChI=1S/C17H16ClN3O3/c1-11-4-5-14(18)16(7-11)24-10-12(22)9-21-17(23)13-3-2-6-19-15(13)8-20-21/h2-8,12,22H,9-10H2,1H3/t12-/m1/s1. The van der Waals surface area contributed by atoms with Crippen LogP contribution in [0.25, 0.3) is 10.9 Å². The van der Waals surface area contributed by atoms with Gasteiger partial charge in [-0.1, -0.05) is 17.7 Å². The van der Waals surface area contributed by atoms with E-state index < -0.39 is 6.10 Å². The molecule has 7 heteroatoms. The number of ether oxygens (including phenoxy) is 1. The zero-order chi connectivity index (χ0) is 17.1. The molecule has 1 N–H and O–H groups in total. The van der Waals surface area contributed by atoms with E-state index in [1.807, 2.05) is 13.0 Å². The Bertz CT molecular complexity index is 926. The zero-order valence-electron chi connectivity index (χ0n) is 13.0. The van der Waals surface area contributed by atoms with Crippen LogP contribution in [0.5, 0.6) is 5.75 Å². The third kappa shape index (κ3) is 3.55. The fourth-order valence-electron chi connectivity index (χ4n) is 2.31. The van der Waals surface area contributed by atoms with Gasteiger partial charge in [0.15, 0.2) is 0 Å². The molecule has 0 spiro atoms. The van der Waals surface area contributed by atoms with Crippen molar-refractivity contribution in [2.75, 3.05) is 6.61 Å². The molecule has 0 radical (unpaired) electrons. The molecular weight excluding hydrogens is 330 g/mol. The molecular formula is C17H16ClN3O3. The highest BCUT2D eigenvalue weighted by Crippen LogP contribution is 2.25. The molecule has 1 atom stereocenters. The number of hydrogen-bond acceptors (Lipinski definition) is 5. The molecule has 2 heterocycles. The third-order valence-electron chi connectivity index (χ3n) is 3.52. The van der Waals surface area contributed by atoms with Gasteiger partial charge < -0.3 is 9.84 Å². The number of aliphatic hydroxyl groups is 1. The van der Waals surface area contributed by atoms with Crippen LogP contribution in [0, 0.1) is 6.92 Å². The number of pyridine rings is 1. The highest BCUT2D eigenvalue weighted by Gasteiger charge is 2.12. The lowest BCUT2D eigenvalue weighted by molar-refractivity contribution is 0.0881. The highest BCUT2D eigenvalue weighted by molar-refractivity contribution is 6.32. The molecule has 0 saturated heterocycles. The molecule has 0 amide bonds. The van der Waals surface area contributed by atoms with Gasteiger partial charge in [-0.25, -0.2) is 4.68 Å². The Kier molecular flexibility index (Phi) is 4.78. The highest BCUT2D eigenvalue weighted by atomic mass is 35.5. The fourth-order valence-corrected chi connectivity index (χ4v) is 2.48. The summed E-state index contributed by atoms with van der Waals surface area (Å²) in [6, 6.07) is 8.77. The summed E-state index contributed by atoms with van der Waals surface area (Å²) < 4.78 is 6.75. The largest absolute Gasteiger partial charge is 0.489 e. The Morgan fingerprint density at radius 3 is 3.04 bits per heavy atom. The van der Waals surface area contributed by atoms with Gasteiger partial charge in [0, 0.05) is 6.20 Å². The molecule has 0 aliphatic rings. The Morgan fingerprint density at radius 1 is 1.38 bits per heavy atom. The molecule has 0 saturated carbocycles. The number of rotatable bonds is 5. The van der Waals surface area contributed by atoms with Crippen molar-refractivity contribution < 1.29 is 9.84 Å². The Balaban J connectivity index is 1.71. The van der Waals surface area contributed by atoms with E-state index in [1.54, 1.807) is 30.5 Å². The van der Waals surface area contributed by atoms with E-state index in [0.717, 1.165) is 5.56 Å². The van der Waals surface area contributed by atoms with Gasteiger partial charge in [-0.15, -0.1) is 0 Å². The summed E-state index contributed by atoms with van der Waals surface area (Å²) in [5.74, 6) is 0.499. The van der Waals surface area contributed by atoms with E-state index >= 15 is 0 Å². The lowest BCUT2D eigenvalue weighted by atomic mass is 10.2. The fraction of sp³-hybridized carbons (Fsp3) is 0.235. The maximum atomic E-state index is 12.3. The summed E-state index contributed by atoms with van der Waals surface area (Å²) in [5.41, 5.74) is 1.23. The molecule has 0 bridgehead atoms. The number of hydrogen-bond donors (Lipinski definition) is 1. The van der Waals surface area contributed by atoms with Gasteiger partial charge in [0.2, 0.25) is 0 Å². The van der Waals surface area contributed by atoms with Gasteiger partial charge in [0.1, 0.15) is 18.5 Å². The SMILES string of the molecule is Cc1ccc(Cl)c(OC[C@H](O)Cn2ncc3ncccc3c2=O)c1. The van der Waals surface area contributed by atoms with Crippen LogP contribution in [0.4, 0.5) is 0 Å². The maximum absolute atomic E-state index is 12.3. The van der Waals surface area contributed by atoms with E-state index in [2.05, 4.69) is 10.1 Å². The third-order valence-corrected chi connectivity index (χ3v) is 3.84. The molecule has 3 aromatic rings. The topological polar surface area (TPSA) is 77.2 Å². The number of aryl methyl sites for hydroxylation is 1. The van der Waals surface area contributed by atoms with Crippen molar-refractivity contribution in [1.29, 1.82) is 0 Å². The summed E-state index contributed by atoms with van der Waals surface area (Å²) in [6.45, 7) is 1.95. The van der Waals surface area contributed by atoms with Crippen LogP contribution in [0.15, 0.2) is 47.5 Å². The van der Waals surface area contributed by atoms with E-state index in [1.165, 1.54) is 10.9 Å². The first kappa shape index (κ1) is 16.4. The molecule has 2 aromatic heterocycles. The Labute approximate surface area is 143 Å². The minimum Gasteiger partial charge on any atom is -0.489 e. The minimum atomic E-state index is -0.902. The zero-order valence-corrected chi connectivity index (χ0v) is 13.8. The van der Waals surface area contributed by atoms with E-state index in [0.29, 0.717) is 21.7 Å². The lowest BCUT2D eigenvalue weighted by Gasteiger charge is -2.14. The molecule has 0 aliphatic carbocycles. The molecule has 0 unspecified atom stereocenters. The smallest absolute Gasteiger partial charge is 0.276 e. The molecule has 1 aromatic carbocycles.